The molecule has 0 atom stereocenters. The standard InChI is InChI=1S/C25H24N2O3/c1-2-3-8-17-29-19-15-13-18(14-16-19)24(28)26-21-10-5-4-9-20(21)25-27-22-11-6-7-12-23(22)30-25/h4-7,9-16H,2-3,8,17H2,1H3,(H,26,28). The van der Waals surface area contributed by atoms with E-state index in [0.717, 1.165) is 36.1 Å². The highest BCUT2D eigenvalue weighted by Gasteiger charge is 2.14. The van der Waals surface area contributed by atoms with E-state index >= 15 is 0 Å². The summed E-state index contributed by atoms with van der Waals surface area (Å²) in [5.74, 6) is 1.05. The maximum atomic E-state index is 12.8. The molecule has 1 aromatic heterocycles. The summed E-state index contributed by atoms with van der Waals surface area (Å²) in [6.07, 6.45) is 3.35. The molecule has 152 valence electrons. The number of para-hydroxylation sites is 3. The minimum absolute atomic E-state index is 0.198. The predicted molar refractivity (Wildman–Crippen MR) is 119 cm³/mol. The van der Waals surface area contributed by atoms with Crippen molar-refractivity contribution in [3.63, 3.8) is 0 Å². The van der Waals surface area contributed by atoms with Gasteiger partial charge >= 0.3 is 0 Å². The van der Waals surface area contributed by atoms with E-state index in [4.69, 9.17) is 9.15 Å². The molecule has 0 aliphatic carbocycles. The third-order valence-corrected chi connectivity index (χ3v) is 4.83. The molecule has 3 aromatic carbocycles. The topological polar surface area (TPSA) is 64.4 Å². The molecule has 0 saturated carbocycles. The number of rotatable bonds is 8. The first-order valence-corrected chi connectivity index (χ1v) is 10.2. The van der Waals surface area contributed by atoms with Gasteiger partial charge in [0.1, 0.15) is 11.3 Å². The Labute approximate surface area is 175 Å². The number of amides is 1. The Hall–Kier alpha value is -3.60. The zero-order chi connectivity index (χ0) is 20.8. The van der Waals surface area contributed by atoms with Crippen molar-refractivity contribution >= 4 is 22.7 Å². The molecule has 0 saturated heterocycles. The van der Waals surface area contributed by atoms with E-state index in [0.29, 0.717) is 29.3 Å². The van der Waals surface area contributed by atoms with Gasteiger partial charge in [-0.2, -0.15) is 0 Å². The van der Waals surface area contributed by atoms with Crippen molar-refractivity contribution in [3.8, 4) is 17.2 Å². The van der Waals surface area contributed by atoms with Crippen LogP contribution in [0.3, 0.4) is 0 Å². The second-order valence-electron chi connectivity index (χ2n) is 7.07. The number of oxazole rings is 1. The Morgan fingerprint density at radius 2 is 1.73 bits per heavy atom. The summed E-state index contributed by atoms with van der Waals surface area (Å²) in [6.45, 7) is 2.85. The van der Waals surface area contributed by atoms with Gasteiger partial charge in [-0.15, -0.1) is 0 Å². The number of ether oxygens (including phenoxy) is 1. The number of benzene rings is 3. The molecule has 0 bridgehead atoms. The van der Waals surface area contributed by atoms with Crippen molar-refractivity contribution in [2.45, 2.75) is 26.2 Å². The van der Waals surface area contributed by atoms with Crippen LogP contribution < -0.4 is 10.1 Å². The number of unbranched alkanes of at least 4 members (excludes halogenated alkanes) is 2. The summed E-state index contributed by atoms with van der Waals surface area (Å²) < 4.78 is 11.6. The number of carbonyl (C=O) groups is 1. The molecule has 0 unspecified atom stereocenters. The van der Waals surface area contributed by atoms with Gasteiger partial charge in [-0.05, 0) is 55.0 Å². The second kappa shape index (κ2) is 9.27. The molecular weight excluding hydrogens is 376 g/mol. The van der Waals surface area contributed by atoms with Gasteiger partial charge in [-0.3, -0.25) is 4.79 Å². The number of fused-ring (bicyclic) bond motifs is 1. The minimum atomic E-state index is -0.198. The van der Waals surface area contributed by atoms with E-state index in [1.54, 1.807) is 12.1 Å². The van der Waals surface area contributed by atoms with E-state index in [1.807, 2.05) is 60.7 Å². The Morgan fingerprint density at radius 3 is 2.53 bits per heavy atom. The maximum absolute atomic E-state index is 12.8. The van der Waals surface area contributed by atoms with Crippen LogP contribution in [0, 0.1) is 0 Å². The monoisotopic (exact) mass is 400 g/mol. The lowest BCUT2D eigenvalue weighted by Crippen LogP contribution is -2.12. The van der Waals surface area contributed by atoms with Crippen molar-refractivity contribution in [1.29, 1.82) is 0 Å². The SMILES string of the molecule is CCCCCOc1ccc(C(=O)Nc2ccccc2-c2nc3ccccc3o2)cc1. The molecule has 4 rings (SSSR count). The Bertz CT molecular complexity index is 1100. The fourth-order valence-corrected chi connectivity index (χ4v) is 3.21. The van der Waals surface area contributed by atoms with Gasteiger partial charge in [0, 0.05) is 5.56 Å². The zero-order valence-electron chi connectivity index (χ0n) is 16.9. The second-order valence-corrected chi connectivity index (χ2v) is 7.07. The van der Waals surface area contributed by atoms with Crippen molar-refractivity contribution in [2.24, 2.45) is 0 Å². The average Bonchev–Trinajstić information content (AvgIpc) is 3.21. The number of hydrogen-bond donors (Lipinski definition) is 1. The lowest BCUT2D eigenvalue weighted by Gasteiger charge is -2.10. The van der Waals surface area contributed by atoms with Crippen molar-refractivity contribution in [2.75, 3.05) is 11.9 Å². The zero-order valence-corrected chi connectivity index (χ0v) is 16.9. The number of carbonyl (C=O) groups excluding carboxylic acids is 1. The van der Waals surface area contributed by atoms with E-state index in [-0.39, 0.29) is 5.91 Å². The van der Waals surface area contributed by atoms with Crippen LogP contribution in [0.25, 0.3) is 22.6 Å². The lowest BCUT2D eigenvalue weighted by molar-refractivity contribution is 0.102. The first-order valence-electron chi connectivity index (χ1n) is 10.2. The van der Waals surface area contributed by atoms with Crippen molar-refractivity contribution in [1.82, 2.24) is 4.98 Å². The van der Waals surface area contributed by atoms with Crippen LogP contribution >= 0.6 is 0 Å². The summed E-state index contributed by atoms with van der Waals surface area (Å²) in [5.41, 5.74) is 3.43. The van der Waals surface area contributed by atoms with Crippen LogP contribution in [0.15, 0.2) is 77.2 Å². The number of anilines is 1. The van der Waals surface area contributed by atoms with Crippen molar-refractivity contribution in [3.05, 3.63) is 78.4 Å². The Morgan fingerprint density at radius 1 is 0.967 bits per heavy atom. The molecule has 30 heavy (non-hydrogen) atoms. The largest absolute Gasteiger partial charge is 0.494 e. The molecule has 4 aromatic rings. The molecule has 5 nitrogen and oxygen atoms in total. The van der Waals surface area contributed by atoms with Crippen LogP contribution in [0.4, 0.5) is 5.69 Å². The van der Waals surface area contributed by atoms with E-state index in [9.17, 15) is 4.79 Å². The summed E-state index contributed by atoms with van der Waals surface area (Å²) in [7, 11) is 0. The van der Waals surface area contributed by atoms with E-state index in [2.05, 4.69) is 17.2 Å². The third kappa shape index (κ3) is 4.51. The molecule has 0 spiro atoms. The molecule has 0 fully saturated rings. The highest BCUT2D eigenvalue weighted by molar-refractivity contribution is 6.06. The van der Waals surface area contributed by atoms with Crippen LogP contribution in [0.5, 0.6) is 5.75 Å². The molecule has 1 N–H and O–H groups in total. The quantitative estimate of drug-likeness (QED) is 0.352. The third-order valence-electron chi connectivity index (χ3n) is 4.83. The highest BCUT2D eigenvalue weighted by Crippen LogP contribution is 2.30. The minimum Gasteiger partial charge on any atom is -0.494 e. The van der Waals surface area contributed by atoms with Crippen LogP contribution in [0.1, 0.15) is 36.5 Å². The average molecular weight is 400 g/mol. The first-order chi connectivity index (χ1) is 14.7. The fraction of sp³-hybridized carbons (Fsp3) is 0.200. The molecular formula is C25H24N2O3. The van der Waals surface area contributed by atoms with Crippen LogP contribution in [-0.2, 0) is 0 Å². The highest BCUT2D eigenvalue weighted by atomic mass is 16.5. The smallest absolute Gasteiger partial charge is 0.255 e. The van der Waals surface area contributed by atoms with Crippen LogP contribution in [-0.4, -0.2) is 17.5 Å². The summed E-state index contributed by atoms with van der Waals surface area (Å²) >= 11 is 0. The summed E-state index contributed by atoms with van der Waals surface area (Å²) in [4.78, 5) is 17.3. The number of hydrogen-bond acceptors (Lipinski definition) is 4. The van der Waals surface area contributed by atoms with Gasteiger partial charge in [0.15, 0.2) is 5.58 Å². The van der Waals surface area contributed by atoms with Crippen LogP contribution in [0.2, 0.25) is 0 Å². The van der Waals surface area contributed by atoms with E-state index < -0.39 is 0 Å². The summed E-state index contributed by atoms with van der Waals surface area (Å²) in [5, 5.41) is 2.97. The fourth-order valence-electron chi connectivity index (χ4n) is 3.21. The lowest BCUT2D eigenvalue weighted by atomic mass is 10.1. The molecule has 5 heteroatoms. The van der Waals surface area contributed by atoms with Gasteiger partial charge in [-0.1, -0.05) is 44.0 Å². The molecule has 0 aliphatic heterocycles. The van der Waals surface area contributed by atoms with Gasteiger partial charge in [0.05, 0.1) is 17.9 Å². The molecule has 0 radical (unpaired) electrons. The maximum Gasteiger partial charge on any atom is 0.255 e. The Balaban J connectivity index is 1.48. The van der Waals surface area contributed by atoms with Gasteiger partial charge in [0.25, 0.3) is 5.91 Å². The number of nitrogens with one attached hydrogen (secondary N) is 1. The molecule has 1 amide bonds. The summed E-state index contributed by atoms with van der Waals surface area (Å²) in [6, 6.07) is 22.3. The molecule has 0 aliphatic rings. The van der Waals surface area contributed by atoms with Gasteiger partial charge in [0.2, 0.25) is 5.89 Å². The number of nitrogens with zero attached hydrogens (tertiary/aromatic N) is 1. The number of aromatic nitrogens is 1. The predicted octanol–water partition coefficient (Wildman–Crippen LogP) is 6.32. The normalized spacial score (nSPS) is 10.8. The van der Waals surface area contributed by atoms with Gasteiger partial charge in [-0.25, -0.2) is 4.98 Å². The van der Waals surface area contributed by atoms with Gasteiger partial charge < -0.3 is 14.5 Å². The first kappa shape index (κ1) is 19.7. The Kier molecular flexibility index (Phi) is 6.09. The van der Waals surface area contributed by atoms with Crippen molar-refractivity contribution < 1.29 is 13.9 Å². The van der Waals surface area contributed by atoms with E-state index in [1.165, 1.54) is 0 Å². The molecule has 1 heterocycles.